The van der Waals surface area contributed by atoms with Crippen LogP contribution in [-0.4, -0.2) is 24.2 Å². The number of carbonyl (C=O) groups is 1. The largest absolute Gasteiger partial charge is 0.384 e. The lowest BCUT2D eigenvalue weighted by molar-refractivity contribution is 0.103. The van der Waals surface area contributed by atoms with Gasteiger partial charge in [-0.2, -0.15) is 0 Å². The maximum atomic E-state index is 12.9. The lowest BCUT2D eigenvalue weighted by Gasteiger charge is -2.19. The quantitative estimate of drug-likeness (QED) is 0.574. The summed E-state index contributed by atoms with van der Waals surface area (Å²) in [7, 11) is -3.98. The van der Waals surface area contributed by atoms with Crippen LogP contribution in [0.2, 0.25) is 5.02 Å². The second kappa shape index (κ2) is 8.04. The van der Waals surface area contributed by atoms with Gasteiger partial charge in [0.15, 0.2) is 0 Å². The van der Waals surface area contributed by atoms with E-state index in [1.807, 2.05) is 20.8 Å². The Bertz CT molecular complexity index is 1200. The molecule has 3 N–H and O–H groups in total. The summed E-state index contributed by atoms with van der Waals surface area (Å²) in [6.07, 6.45) is 1.26. The molecule has 9 heteroatoms. The number of hydrogen-bond acceptors (Lipinski definition) is 6. The van der Waals surface area contributed by atoms with Gasteiger partial charge in [0.2, 0.25) is 5.78 Å². The molecule has 30 heavy (non-hydrogen) atoms. The number of ketones is 1. The van der Waals surface area contributed by atoms with Gasteiger partial charge in [0.1, 0.15) is 17.2 Å². The van der Waals surface area contributed by atoms with E-state index in [4.69, 9.17) is 17.3 Å². The minimum absolute atomic E-state index is 0.0415. The molecular weight excluding hydrogens is 424 g/mol. The molecule has 156 valence electrons. The Morgan fingerprint density at radius 1 is 1.10 bits per heavy atom. The van der Waals surface area contributed by atoms with E-state index in [0.29, 0.717) is 0 Å². The molecule has 3 rings (SSSR count). The van der Waals surface area contributed by atoms with E-state index in [0.717, 1.165) is 5.56 Å². The van der Waals surface area contributed by atoms with Crippen LogP contribution < -0.4 is 10.5 Å². The third-order valence-electron chi connectivity index (χ3n) is 4.35. The fourth-order valence-corrected chi connectivity index (χ4v) is 3.95. The van der Waals surface area contributed by atoms with Crippen LogP contribution in [0.15, 0.2) is 59.6 Å². The fourth-order valence-electron chi connectivity index (χ4n) is 2.74. The van der Waals surface area contributed by atoms with Crippen LogP contribution in [0.5, 0.6) is 0 Å². The third-order valence-corrected chi connectivity index (χ3v) is 5.94. The number of nitrogen functional groups attached to an aromatic ring is 1. The molecule has 0 unspecified atom stereocenters. The summed E-state index contributed by atoms with van der Waals surface area (Å²) in [6.45, 7) is 6.11. The second-order valence-electron chi connectivity index (χ2n) is 7.71. The standard InChI is InChI=1S/C21H21ClN4O3S/c1-21(2,3)13-7-9-15(10-8-13)30(28,29)26-17-11-14(22)12-24-19(17)20(27)16-5-4-6-18(23)25-16/h4-12,26H,1-3H3,(H2,23,25). The van der Waals surface area contributed by atoms with E-state index in [1.165, 1.54) is 36.5 Å². The van der Waals surface area contributed by atoms with Crippen LogP contribution in [0.4, 0.5) is 11.5 Å². The first kappa shape index (κ1) is 21.7. The van der Waals surface area contributed by atoms with Crippen molar-refractivity contribution in [3.8, 4) is 0 Å². The monoisotopic (exact) mass is 444 g/mol. The number of hydrogen-bond donors (Lipinski definition) is 2. The van der Waals surface area contributed by atoms with Gasteiger partial charge < -0.3 is 5.73 Å². The normalized spacial score (nSPS) is 11.9. The molecule has 2 aromatic heterocycles. The Labute approximate surface area is 180 Å². The third kappa shape index (κ3) is 4.77. The predicted molar refractivity (Wildman–Crippen MR) is 117 cm³/mol. The number of carbonyl (C=O) groups excluding carboxylic acids is 1. The van der Waals surface area contributed by atoms with E-state index < -0.39 is 15.8 Å². The zero-order valence-electron chi connectivity index (χ0n) is 16.7. The molecule has 0 spiro atoms. The zero-order chi connectivity index (χ0) is 22.1. The van der Waals surface area contributed by atoms with Crippen molar-refractivity contribution in [3.63, 3.8) is 0 Å². The van der Waals surface area contributed by atoms with E-state index >= 15 is 0 Å². The first-order valence-electron chi connectivity index (χ1n) is 9.03. The van der Waals surface area contributed by atoms with E-state index in [2.05, 4.69) is 14.7 Å². The smallest absolute Gasteiger partial charge is 0.261 e. The molecular formula is C21H21ClN4O3S. The average molecular weight is 445 g/mol. The molecule has 0 amide bonds. The van der Waals surface area contributed by atoms with Gasteiger partial charge in [-0.25, -0.2) is 18.4 Å². The zero-order valence-corrected chi connectivity index (χ0v) is 18.3. The highest BCUT2D eigenvalue weighted by molar-refractivity contribution is 7.92. The van der Waals surface area contributed by atoms with Gasteiger partial charge in [0.05, 0.1) is 15.6 Å². The van der Waals surface area contributed by atoms with Crippen LogP contribution in [0.1, 0.15) is 42.5 Å². The van der Waals surface area contributed by atoms with Gasteiger partial charge in [0.25, 0.3) is 10.0 Å². The van der Waals surface area contributed by atoms with Crippen molar-refractivity contribution < 1.29 is 13.2 Å². The summed E-state index contributed by atoms with van der Waals surface area (Å²) in [5.41, 5.74) is 6.39. The average Bonchev–Trinajstić information content (AvgIpc) is 2.67. The van der Waals surface area contributed by atoms with Gasteiger partial charge in [-0.3, -0.25) is 9.52 Å². The van der Waals surface area contributed by atoms with Gasteiger partial charge in [0, 0.05) is 6.20 Å². The lowest BCUT2D eigenvalue weighted by Crippen LogP contribution is -2.18. The number of aromatic nitrogens is 2. The van der Waals surface area contributed by atoms with Crippen molar-refractivity contribution in [3.05, 3.63) is 76.7 Å². The maximum absolute atomic E-state index is 12.9. The molecule has 0 bridgehead atoms. The number of rotatable bonds is 5. The molecule has 0 aliphatic rings. The molecule has 0 aliphatic carbocycles. The number of nitrogens with zero attached hydrogens (tertiary/aromatic N) is 2. The first-order valence-corrected chi connectivity index (χ1v) is 10.9. The molecule has 0 fully saturated rings. The van der Waals surface area contributed by atoms with Crippen molar-refractivity contribution in [1.82, 2.24) is 9.97 Å². The van der Waals surface area contributed by atoms with Crippen molar-refractivity contribution in [2.24, 2.45) is 0 Å². The Morgan fingerprint density at radius 3 is 2.37 bits per heavy atom. The fraction of sp³-hybridized carbons (Fsp3) is 0.190. The molecule has 0 aliphatic heterocycles. The number of nitrogens with one attached hydrogen (secondary N) is 1. The molecule has 0 saturated carbocycles. The topological polar surface area (TPSA) is 115 Å². The summed E-state index contributed by atoms with van der Waals surface area (Å²) in [5.74, 6) is -0.421. The predicted octanol–water partition coefficient (Wildman–Crippen LogP) is 4.04. The highest BCUT2D eigenvalue weighted by Crippen LogP contribution is 2.26. The highest BCUT2D eigenvalue weighted by atomic mass is 35.5. The number of pyridine rings is 2. The Hall–Kier alpha value is -2.97. The van der Waals surface area contributed by atoms with Crippen molar-refractivity contribution in [2.75, 3.05) is 10.5 Å². The first-order chi connectivity index (χ1) is 14.0. The van der Waals surface area contributed by atoms with Gasteiger partial charge in [-0.05, 0) is 41.3 Å². The van der Waals surface area contributed by atoms with E-state index in [9.17, 15) is 13.2 Å². The summed E-state index contributed by atoms with van der Waals surface area (Å²) >= 11 is 5.99. The Kier molecular flexibility index (Phi) is 5.83. The second-order valence-corrected chi connectivity index (χ2v) is 9.83. The van der Waals surface area contributed by atoms with Gasteiger partial charge >= 0.3 is 0 Å². The molecule has 7 nitrogen and oxygen atoms in total. The van der Waals surface area contributed by atoms with E-state index in [1.54, 1.807) is 18.2 Å². The lowest BCUT2D eigenvalue weighted by atomic mass is 9.87. The number of sulfonamides is 1. The number of nitrogens with two attached hydrogens (primary N) is 1. The van der Waals surface area contributed by atoms with E-state index in [-0.39, 0.29) is 38.2 Å². The molecule has 0 atom stereocenters. The minimum Gasteiger partial charge on any atom is -0.384 e. The number of halogens is 1. The molecule has 0 radical (unpaired) electrons. The summed E-state index contributed by atoms with van der Waals surface area (Å²) in [6, 6.07) is 12.5. The number of anilines is 2. The summed E-state index contributed by atoms with van der Waals surface area (Å²) in [5, 5.41) is 0.174. The highest BCUT2D eigenvalue weighted by Gasteiger charge is 2.23. The summed E-state index contributed by atoms with van der Waals surface area (Å²) in [4.78, 5) is 20.9. The molecule has 1 aromatic carbocycles. The van der Waals surface area contributed by atoms with Crippen molar-refractivity contribution in [2.45, 2.75) is 31.1 Å². The van der Waals surface area contributed by atoms with Crippen LogP contribution in [-0.2, 0) is 15.4 Å². The van der Waals surface area contributed by atoms with Crippen LogP contribution in [0.25, 0.3) is 0 Å². The van der Waals surface area contributed by atoms with Crippen molar-refractivity contribution >= 4 is 38.9 Å². The maximum Gasteiger partial charge on any atom is 0.261 e. The summed E-state index contributed by atoms with van der Waals surface area (Å²) < 4.78 is 28.2. The Morgan fingerprint density at radius 2 is 1.77 bits per heavy atom. The minimum atomic E-state index is -3.98. The molecule has 0 saturated heterocycles. The van der Waals surface area contributed by atoms with Gasteiger partial charge in [-0.15, -0.1) is 0 Å². The number of benzene rings is 1. The van der Waals surface area contributed by atoms with Crippen LogP contribution in [0.3, 0.4) is 0 Å². The van der Waals surface area contributed by atoms with Crippen molar-refractivity contribution in [1.29, 1.82) is 0 Å². The molecule has 3 aromatic rings. The van der Waals surface area contributed by atoms with Crippen LogP contribution in [0, 0.1) is 0 Å². The SMILES string of the molecule is CC(C)(C)c1ccc(S(=O)(=O)Nc2cc(Cl)cnc2C(=O)c2cccc(N)n2)cc1. The molecule has 2 heterocycles. The Balaban J connectivity index is 1.98. The van der Waals surface area contributed by atoms with Gasteiger partial charge in [-0.1, -0.05) is 50.6 Å². The van der Waals surface area contributed by atoms with Crippen LogP contribution >= 0.6 is 11.6 Å².